The Kier molecular flexibility index (Phi) is 3.77. The lowest BCUT2D eigenvalue weighted by atomic mass is 10.3. The highest BCUT2D eigenvalue weighted by Gasteiger charge is 2.19. The molecule has 3 aromatic heterocycles. The summed E-state index contributed by atoms with van der Waals surface area (Å²) in [6.07, 6.45) is 0. The number of hydrogen-bond donors (Lipinski definition) is 0. The highest BCUT2D eigenvalue weighted by Crippen LogP contribution is 2.24. The van der Waals surface area contributed by atoms with E-state index in [9.17, 15) is 0 Å². The van der Waals surface area contributed by atoms with Gasteiger partial charge in [0.15, 0.2) is 11.5 Å². The fourth-order valence-corrected chi connectivity index (χ4v) is 4.13. The molecule has 0 atom stereocenters. The van der Waals surface area contributed by atoms with Gasteiger partial charge in [0.2, 0.25) is 0 Å². The van der Waals surface area contributed by atoms with E-state index in [-0.39, 0.29) is 0 Å². The van der Waals surface area contributed by atoms with Crippen molar-refractivity contribution in [2.75, 3.05) is 31.1 Å². The third kappa shape index (κ3) is 2.83. The molecule has 22 heavy (non-hydrogen) atoms. The number of fused-ring (bicyclic) bond motifs is 1. The first-order chi connectivity index (χ1) is 10.8. The summed E-state index contributed by atoms with van der Waals surface area (Å²) in [7, 11) is 0. The lowest BCUT2D eigenvalue weighted by molar-refractivity contribution is 0.251. The highest BCUT2D eigenvalue weighted by atomic mass is 79.9. The Hall–Kier alpha value is -1.58. The van der Waals surface area contributed by atoms with Crippen LogP contribution in [-0.4, -0.2) is 56.3 Å². The maximum Gasteiger partial charge on any atom is 0.200 e. The first kappa shape index (κ1) is 14.0. The number of nitrogens with zero attached hydrogens (tertiary/aromatic N) is 7. The maximum absolute atomic E-state index is 4.46. The maximum atomic E-state index is 4.46. The molecule has 4 heterocycles. The lowest BCUT2D eigenvalue weighted by Crippen LogP contribution is -2.46. The van der Waals surface area contributed by atoms with Gasteiger partial charge in [0, 0.05) is 37.6 Å². The average Bonchev–Trinajstić information content (AvgIpc) is 3.16. The summed E-state index contributed by atoms with van der Waals surface area (Å²) in [5, 5.41) is 15.8. The van der Waals surface area contributed by atoms with E-state index in [2.05, 4.69) is 58.5 Å². The van der Waals surface area contributed by atoms with Crippen LogP contribution in [0.3, 0.4) is 0 Å². The Labute approximate surface area is 139 Å². The Balaban J connectivity index is 1.40. The summed E-state index contributed by atoms with van der Waals surface area (Å²) in [6, 6.07) is 8.19. The molecule has 7 nitrogen and oxygen atoms in total. The van der Waals surface area contributed by atoms with Crippen molar-refractivity contribution in [2.45, 2.75) is 6.54 Å². The van der Waals surface area contributed by atoms with Crippen molar-refractivity contribution in [3.05, 3.63) is 32.9 Å². The van der Waals surface area contributed by atoms with Crippen molar-refractivity contribution in [3.63, 3.8) is 0 Å². The second-order valence-electron chi connectivity index (χ2n) is 5.19. The predicted molar refractivity (Wildman–Crippen MR) is 88.1 cm³/mol. The molecule has 0 N–H and O–H groups in total. The molecule has 1 fully saturated rings. The predicted octanol–water partition coefficient (Wildman–Crippen LogP) is 1.67. The summed E-state index contributed by atoms with van der Waals surface area (Å²) in [5.74, 6) is 0.929. The minimum atomic E-state index is 0.672. The van der Waals surface area contributed by atoms with E-state index in [1.54, 1.807) is 11.3 Å². The van der Waals surface area contributed by atoms with Crippen molar-refractivity contribution >= 4 is 38.7 Å². The standard InChI is InChI=1S/C13H14BrN7S/c14-11-2-1-10(22-11)9-19-5-7-20(8-6-19)13-4-3-12-15-17-18-21(12)16-13/h1-4H,5-9H2. The molecule has 0 aromatic carbocycles. The number of anilines is 1. The number of tetrazole rings is 1. The van der Waals surface area contributed by atoms with Crippen LogP contribution in [0.4, 0.5) is 5.82 Å². The fourth-order valence-electron chi connectivity index (χ4n) is 2.60. The summed E-state index contributed by atoms with van der Waals surface area (Å²) in [6.45, 7) is 5.01. The van der Waals surface area contributed by atoms with E-state index in [4.69, 9.17) is 0 Å². The molecule has 1 aliphatic heterocycles. The number of piperazine rings is 1. The largest absolute Gasteiger partial charge is 0.353 e. The van der Waals surface area contributed by atoms with Crippen LogP contribution >= 0.6 is 27.3 Å². The molecule has 1 saturated heterocycles. The molecule has 0 saturated carbocycles. The van der Waals surface area contributed by atoms with Crippen molar-refractivity contribution in [3.8, 4) is 0 Å². The second kappa shape index (κ2) is 5.90. The summed E-state index contributed by atoms with van der Waals surface area (Å²) >= 11 is 5.32. The van der Waals surface area contributed by atoms with Crippen LogP contribution in [0.25, 0.3) is 5.65 Å². The molecule has 0 spiro atoms. The monoisotopic (exact) mass is 379 g/mol. The smallest absolute Gasteiger partial charge is 0.200 e. The van der Waals surface area contributed by atoms with E-state index in [1.165, 1.54) is 13.3 Å². The second-order valence-corrected chi connectivity index (χ2v) is 7.73. The van der Waals surface area contributed by atoms with Crippen LogP contribution in [0, 0.1) is 0 Å². The van der Waals surface area contributed by atoms with Crippen LogP contribution in [0.2, 0.25) is 0 Å². The SMILES string of the molecule is Brc1ccc(CN2CCN(c3ccc4nnnn4n3)CC2)s1. The zero-order valence-corrected chi connectivity index (χ0v) is 14.2. The number of halogens is 1. The summed E-state index contributed by atoms with van der Waals surface area (Å²) in [5.41, 5.74) is 0.672. The van der Waals surface area contributed by atoms with E-state index in [0.717, 1.165) is 38.5 Å². The molecule has 1 aliphatic rings. The summed E-state index contributed by atoms with van der Waals surface area (Å²) in [4.78, 5) is 6.15. The zero-order chi connectivity index (χ0) is 14.9. The van der Waals surface area contributed by atoms with Gasteiger partial charge in [0.1, 0.15) is 0 Å². The Morgan fingerprint density at radius 1 is 1.09 bits per heavy atom. The van der Waals surface area contributed by atoms with Gasteiger partial charge in [0.05, 0.1) is 3.79 Å². The Morgan fingerprint density at radius 3 is 2.73 bits per heavy atom. The summed E-state index contributed by atoms with van der Waals surface area (Å²) < 4.78 is 2.67. The third-order valence-corrected chi connectivity index (χ3v) is 5.37. The van der Waals surface area contributed by atoms with Gasteiger partial charge in [-0.05, 0) is 50.6 Å². The van der Waals surface area contributed by atoms with Crippen molar-refractivity contribution in [2.24, 2.45) is 0 Å². The topological polar surface area (TPSA) is 62.5 Å². The van der Waals surface area contributed by atoms with Crippen molar-refractivity contribution in [1.29, 1.82) is 0 Å². The zero-order valence-electron chi connectivity index (χ0n) is 11.8. The normalized spacial score (nSPS) is 16.5. The molecular formula is C13H14BrN7S. The Bertz CT molecular complexity index is 777. The van der Waals surface area contributed by atoms with E-state index >= 15 is 0 Å². The molecule has 114 valence electrons. The fraction of sp³-hybridized carbons (Fsp3) is 0.385. The van der Waals surface area contributed by atoms with Gasteiger partial charge < -0.3 is 4.90 Å². The van der Waals surface area contributed by atoms with Gasteiger partial charge in [-0.15, -0.1) is 26.2 Å². The molecule has 0 amide bonds. The van der Waals surface area contributed by atoms with Gasteiger partial charge in [-0.1, -0.05) is 0 Å². The first-order valence-corrected chi connectivity index (χ1v) is 8.66. The molecule has 0 aliphatic carbocycles. The first-order valence-electron chi connectivity index (χ1n) is 7.05. The molecule has 4 rings (SSSR count). The van der Waals surface area contributed by atoms with Crippen LogP contribution < -0.4 is 4.90 Å². The van der Waals surface area contributed by atoms with Crippen molar-refractivity contribution < 1.29 is 0 Å². The number of thiophene rings is 1. The van der Waals surface area contributed by atoms with E-state index in [0.29, 0.717) is 5.65 Å². The lowest BCUT2D eigenvalue weighted by Gasteiger charge is -2.34. The van der Waals surface area contributed by atoms with Gasteiger partial charge >= 0.3 is 0 Å². The average molecular weight is 380 g/mol. The minimum Gasteiger partial charge on any atom is -0.353 e. The van der Waals surface area contributed by atoms with Crippen LogP contribution in [0.15, 0.2) is 28.1 Å². The quantitative estimate of drug-likeness (QED) is 0.689. The molecular weight excluding hydrogens is 366 g/mol. The van der Waals surface area contributed by atoms with E-state index < -0.39 is 0 Å². The third-order valence-electron chi connectivity index (χ3n) is 3.76. The van der Waals surface area contributed by atoms with Crippen LogP contribution in [-0.2, 0) is 6.54 Å². The van der Waals surface area contributed by atoms with E-state index in [1.807, 2.05) is 12.1 Å². The molecule has 0 bridgehead atoms. The molecule has 0 unspecified atom stereocenters. The van der Waals surface area contributed by atoms with Crippen LogP contribution in [0.5, 0.6) is 0 Å². The molecule has 3 aromatic rings. The molecule has 0 radical (unpaired) electrons. The van der Waals surface area contributed by atoms with Gasteiger partial charge in [-0.2, -0.15) is 0 Å². The van der Waals surface area contributed by atoms with Gasteiger partial charge in [-0.3, -0.25) is 4.90 Å². The van der Waals surface area contributed by atoms with Crippen molar-refractivity contribution in [1.82, 2.24) is 30.2 Å². The highest BCUT2D eigenvalue weighted by molar-refractivity contribution is 9.11. The number of hydrogen-bond acceptors (Lipinski definition) is 7. The molecule has 9 heteroatoms. The Morgan fingerprint density at radius 2 is 1.95 bits per heavy atom. The van der Waals surface area contributed by atoms with Gasteiger partial charge in [-0.25, -0.2) is 0 Å². The van der Waals surface area contributed by atoms with Gasteiger partial charge in [0.25, 0.3) is 0 Å². The number of aromatic nitrogens is 5. The number of rotatable bonds is 3. The van der Waals surface area contributed by atoms with Crippen LogP contribution in [0.1, 0.15) is 4.88 Å². The minimum absolute atomic E-state index is 0.672.